The predicted octanol–water partition coefficient (Wildman–Crippen LogP) is 4.23. The second-order valence-electron chi connectivity index (χ2n) is 5.84. The van der Waals surface area contributed by atoms with Gasteiger partial charge in [0.15, 0.2) is 5.75 Å². The Morgan fingerprint density at radius 2 is 1.93 bits per heavy atom. The van der Waals surface area contributed by atoms with Crippen LogP contribution in [0.15, 0.2) is 60.8 Å². The van der Waals surface area contributed by atoms with Crippen molar-refractivity contribution in [3.8, 4) is 11.8 Å². The molecule has 2 aromatic carbocycles. The van der Waals surface area contributed by atoms with Gasteiger partial charge in [0.2, 0.25) is 0 Å². The molecule has 0 bridgehead atoms. The van der Waals surface area contributed by atoms with E-state index in [0.717, 1.165) is 22.9 Å². The molecule has 1 heterocycles. The van der Waals surface area contributed by atoms with Crippen molar-refractivity contribution in [2.45, 2.75) is 13.0 Å². The van der Waals surface area contributed by atoms with E-state index in [1.807, 2.05) is 31.2 Å². The number of halogens is 2. The van der Waals surface area contributed by atoms with E-state index in [4.69, 9.17) is 21.7 Å². The lowest BCUT2D eigenvalue weighted by Crippen LogP contribution is -2.38. The summed E-state index contributed by atoms with van der Waals surface area (Å²) in [6.07, 6.45) is 1.73. The van der Waals surface area contributed by atoms with Crippen LogP contribution in [0.5, 0.6) is 5.75 Å². The molecule has 0 saturated carbocycles. The number of hydrogen-bond donors (Lipinski definition) is 2. The molecule has 0 spiro atoms. The van der Waals surface area contributed by atoms with Crippen molar-refractivity contribution in [2.75, 3.05) is 0 Å². The molecule has 0 aliphatic rings. The van der Waals surface area contributed by atoms with E-state index in [9.17, 15) is 4.39 Å². The summed E-state index contributed by atoms with van der Waals surface area (Å²) in [4.78, 5) is 9.76. The van der Waals surface area contributed by atoms with Crippen molar-refractivity contribution in [1.29, 1.82) is 5.26 Å². The highest BCUT2D eigenvalue weighted by Gasteiger charge is 2.16. The first-order chi connectivity index (χ1) is 13.1. The minimum atomic E-state index is -0.647. The molecule has 3 aromatic rings. The van der Waals surface area contributed by atoms with Crippen LogP contribution in [0.2, 0.25) is 5.02 Å². The van der Waals surface area contributed by atoms with Gasteiger partial charge in [0.05, 0.1) is 17.3 Å². The molecule has 1 atom stereocenters. The van der Waals surface area contributed by atoms with Crippen LogP contribution in [0.1, 0.15) is 28.4 Å². The Morgan fingerprint density at radius 3 is 2.59 bits per heavy atom. The van der Waals surface area contributed by atoms with Crippen LogP contribution in [0.25, 0.3) is 0 Å². The minimum Gasteiger partial charge on any atom is -0.394 e. The number of rotatable bonds is 6. The van der Waals surface area contributed by atoms with Crippen molar-refractivity contribution >= 4 is 11.6 Å². The summed E-state index contributed by atoms with van der Waals surface area (Å²) in [5.41, 5.74) is 8.37. The standard InChI is InChI=1S/C20H16ClFN4O/c1-13-8-9-24-19(10-13)20(14-2-5-16(21)6-3-14)25-26-27-17-7-4-15(12-23)18(22)11-17/h2-11,20,25-26H,1H3. The zero-order chi connectivity index (χ0) is 19.2. The third-order valence-corrected chi connectivity index (χ3v) is 4.12. The summed E-state index contributed by atoms with van der Waals surface area (Å²) in [7, 11) is 0. The van der Waals surface area contributed by atoms with Crippen LogP contribution in [0.3, 0.4) is 0 Å². The van der Waals surface area contributed by atoms with Crippen molar-refractivity contribution in [3.05, 3.63) is 94.0 Å². The maximum atomic E-state index is 13.7. The smallest absolute Gasteiger partial charge is 0.152 e. The van der Waals surface area contributed by atoms with Crippen LogP contribution in [-0.4, -0.2) is 4.98 Å². The first-order valence-corrected chi connectivity index (χ1v) is 8.49. The van der Waals surface area contributed by atoms with E-state index in [1.165, 1.54) is 12.1 Å². The van der Waals surface area contributed by atoms with Crippen LogP contribution in [-0.2, 0) is 0 Å². The van der Waals surface area contributed by atoms with E-state index < -0.39 is 5.82 Å². The molecular formula is C20H16ClFN4O. The lowest BCUT2D eigenvalue weighted by molar-refractivity contribution is 0.137. The van der Waals surface area contributed by atoms with Gasteiger partial charge in [0.25, 0.3) is 0 Å². The molecule has 2 N–H and O–H groups in total. The molecule has 0 saturated heterocycles. The van der Waals surface area contributed by atoms with E-state index in [-0.39, 0.29) is 17.4 Å². The molecule has 7 heteroatoms. The molecule has 0 amide bonds. The maximum Gasteiger partial charge on any atom is 0.152 e. The normalized spacial score (nSPS) is 11.6. The minimum absolute atomic E-state index is 0.0432. The summed E-state index contributed by atoms with van der Waals surface area (Å²) in [6, 6.07) is 16.6. The van der Waals surface area contributed by atoms with Gasteiger partial charge >= 0.3 is 0 Å². The summed E-state index contributed by atoms with van der Waals surface area (Å²) in [5.74, 6) is -0.419. The molecule has 0 aliphatic heterocycles. The van der Waals surface area contributed by atoms with Crippen LogP contribution < -0.4 is 15.9 Å². The number of nitriles is 1. The van der Waals surface area contributed by atoms with Crippen molar-refractivity contribution < 1.29 is 9.23 Å². The fourth-order valence-corrected chi connectivity index (χ4v) is 2.62. The second kappa shape index (κ2) is 8.60. The average Bonchev–Trinajstić information content (AvgIpc) is 2.66. The summed E-state index contributed by atoms with van der Waals surface area (Å²) >= 11 is 5.98. The Morgan fingerprint density at radius 1 is 1.15 bits per heavy atom. The van der Waals surface area contributed by atoms with Gasteiger partial charge in [-0.2, -0.15) is 5.26 Å². The summed E-state index contributed by atoms with van der Waals surface area (Å²) in [5, 5.41) is 9.41. The van der Waals surface area contributed by atoms with E-state index in [0.29, 0.717) is 5.02 Å². The number of benzene rings is 2. The van der Waals surface area contributed by atoms with Gasteiger partial charge in [-0.3, -0.25) is 4.98 Å². The van der Waals surface area contributed by atoms with Gasteiger partial charge in [-0.15, -0.1) is 0 Å². The van der Waals surface area contributed by atoms with Crippen molar-refractivity contribution in [3.63, 3.8) is 0 Å². The Kier molecular flexibility index (Phi) is 5.99. The quantitative estimate of drug-likeness (QED) is 0.624. The molecule has 0 fully saturated rings. The van der Waals surface area contributed by atoms with E-state index >= 15 is 0 Å². The Labute approximate surface area is 161 Å². The molecule has 0 aliphatic carbocycles. The molecule has 5 nitrogen and oxygen atoms in total. The number of hydrogen-bond acceptors (Lipinski definition) is 5. The Balaban J connectivity index is 1.77. The van der Waals surface area contributed by atoms with Crippen LogP contribution in [0, 0.1) is 24.1 Å². The number of aryl methyl sites for hydroxylation is 1. The topological polar surface area (TPSA) is 70.0 Å². The average molecular weight is 383 g/mol. The second-order valence-corrected chi connectivity index (χ2v) is 6.28. The molecular weight excluding hydrogens is 367 g/mol. The molecule has 1 aromatic heterocycles. The van der Waals surface area contributed by atoms with Crippen molar-refractivity contribution in [2.24, 2.45) is 0 Å². The third kappa shape index (κ3) is 4.80. The first kappa shape index (κ1) is 18.8. The third-order valence-electron chi connectivity index (χ3n) is 3.87. The Hall–Kier alpha value is -2.98. The number of nitrogens with one attached hydrogen (secondary N) is 2. The number of nitrogens with zero attached hydrogens (tertiary/aromatic N) is 2. The maximum absolute atomic E-state index is 13.7. The largest absolute Gasteiger partial charge is 0.394 e. The fraction of sp³-hybridized carbons (Fsp3) is 0.100. The molecule has 1 unspecified atom stereocenters. The molecule has 27 heavy (non-hydrogen) atoms. The lowest BCUT2D eigenvalue weighted by atomic mass is 10.0. The highest BCUT2D eigenvalue weighted by molar-refractivity contribution is 6.30. The zero-order valence-electron chi connectivity index (χ0n) is 14.4. The van der Waals surface area contributed by atoms with Gasteiger partial charge in [-0.1, -0.05) is 29.3 Å². The van der Waals surface area contributed by atoms with Crippen LogP contribution in [0.4, 0.5) is 4.39 Å². The summed E-state index contributed by atoms with van der Waals surface area (Å²) < 4.78 is 13.7. The summed E-state index contributed by atoms with van der Waals surface area (Å²) in [6.45, 7) is 1.98. The first-order valence-electron chi connectivity index (χ1n) is 8.12. The van der Waals surface area contributed by atoms with Gasteiger partial charge < -0.3 is 4.84 Å². The van der Waals surface area contributed by atoms with Gasteiger partial charge in [-0.25, -0.2) is 9.82 Å². The molecule has 136 valence electrons. The highest BCUT2D eigenvalue weighted by atomic mass is 35.5. The monoisotopic (exact) mass is 382 g/mol. The van der Waals surface area contributed by atoms with Gasteiger partial charge in [0, 0.05) is 17.3 Å². The number of pyridine rings is 1. The molecule has 0 radical (unpaired) electrons. The van der Waals surface area contributed by atoms with Crippen LogP contribution >= 0.6 is 11.6 Å². The van der Waals surface area contributed by atoms with Gasteiger partial charge in [-0.05, 0) is 54.4 Å². The van der Waals surface area contributed by atoms with E-state index in [1.54, 1.807) is 24.4 Å². The predicted molar refractivity (Wildman–Crippen MR) is 100 cm³/mol. The Bertz CT molecular complexity index is 972. The molecule has 3 rings (SSSR count). The number of aromatic nitrogens is 1. The zero-order valence-corrected chi connectivity index (χ0v) is 15.2. The fourth-order valence-electron chi connectivity index (χ4n) is 2.50. The van der Waals surface area contributed by atoms with E-state index in [2.05, 4.69) is 16.0 Å². The highest BCUT2D eigenvalue weighted by Crippen LogP contribution is 2.22. The van der Waals surface area contributed by atoms with Gasteiger partial charge in [0.1, 0.15) is 11.9 Å². The number of hydrazine groups is 1. The lowest BCUT2D eigenvalue weighted by Gasteiger charge is -2.20. The SMILES string of the molecule is Cc1ccnc(C(NNOc2ccc(C#N)c(F)c2)c2ccc(Cl)cc2)c1. The van der Waals surface area contributed by atoms with Crippen molar-refractivity contribution in [1.82, 2.24) is 16.0 Å².